The van der Waals surface area contributed by atoms with Crippen LogP contribution in [-0.2, 0) is 14.3 Å². The van der Waals surface area contributed by atoms with Crippen molar-refractivity contribution < 1.29 is 29.0 Å². The Balaban J connectivity index is 1.66. The fraction of sp³-hybridized carbons (Fsp3) is 0.154. The van der Waals surface area contributed by atoms with Crippen LogP contribution in [0, 0.1) is 11.8 Å². The normalized spacial score (nSPS) is 22.0. The number of carbonyl (C=O) groups is 4. The van der Waals surface area contributed by atoms with Gasteiger partial charge < -0.3 is 15.2 Å². The number of halogens is 3. The molecule has 182 valence electrons. The average molecular weight is 545 g/mol. The van der Waals surface area contributed by atoms with Crippen molar-refractivity contribution in [3.8, 4) is 0 Å². The van der Waals surface area contributed by atoms with Crippen molar-refractivity contribution >= 4 is 63.9 Å². The number of aliphatic carboxylic acids is 1. The van der Waals surface area contributed by atoms with Gasteiger partial charge in [-0.2, -0.15) is 0 Å². The average Bonchev–Trinajstić information content (AvgIpc) is 3.33. The van der Waals surface area contributed by atoms with Gasteiger partial charge in [-0.15, -0.1) is 0 Å². The molecule has 0 saturated carbocycles. The number of Topliss-reactive ketones (excluding diaryl/α,β-unsaturated/α-hetero) is 2. The van der Waals surface area contributed by atoms with Crippen molar-refractivity contribution in [2.45, 2.75) is 11.7 Å². The minimum absolute atomic E-state index is 0.0420. The summed E-state index contributed by atoms with van der Waals surface area (Å²) in [6, 6.07) is 16.6. The van der Waals surface area contributed by atoms with E-state index in [9.17, 15) is 24.3 Å². The number of ether oxygens (including phenoxy) is 1. The van der Waals surface area contributed by atoms with Crippen molar-refractivity contribution in [2.75, 3.05) is 5.32 Å². The van der Waals surface area contributed by atoms with E-state index in [2.05, 4.69) is 5.32 Å². The Bertz CT molecular complexity index is 1400. The summed E-state index contributed by atoms with van der Waals surface area (Å²) in [6.07, 6.45) is -1.30. The van der Waals surface area contributed by atoms with E-state index in [0.717, 1.165) is 0 Å². The highest BCUT2D eigenvalue weighted by Gasteiger charge is 2.71. The van der Waals surface area contributed by atoms with E-state index < -0.39 is 47.0 Å². The van der Waals surface area contributed by atoms with Crippen molar-refractivity contribution in [2.24, 2.45) is 11.8 Å². The van der Waals surface area contributed by atoms with E-state index >= 15 is 0 Å². The van der Waals surface area contributed by atoms with E-state index in [1.165, 1.54) is 42.5 Å². The molecule has 1 fully saturated rings. The molecule has 1 heterocycles. The maximum Gasteiger partial charge on any atom is 0.311 e. The van der Waals surface area contributed by atoms with E-state index in [1.54, 1.807) is 24.3 Å². The standard InChI is InChI=1S/C26H16Cl3NO6/c27-13-6-8-14(9-7-13)30-24(33)19-20(25(34)35)26(22(31)15-3-1-2-4-16(15)23(26)32)36-21(19)12-5-10-17(28)18(29)11-12/h1-11,19-21H,(H,30,33)(H,34,35). The molecule has 3 aromatic rings. The zero-order chi connectivity index (χ0) is 25.8. The molecule has 10 heteroatoms. The number of amides is 1. The number of anilines is 1. The molecular formula is C26H16Cl3NO6. The molecule has 1 aliphatic heterocycles. The van der Waals surface area contributed by atoms with Crippen LogP contribution < -0.4 is 5.32 Å². The van der Waals surface area contributed by atoms with E-state index in [1.807, 2.05) is 0 Å². The number of benzene rings is 3. The number of ketones is 2. The molecule has 1 aliphatic carbocycles. The molecule has 36 heavy (non-hydrogen) atoms. The smallest absolute Gasteiger partial charge is 0.311 e. The van der Waals surface area contributed by atoms with Crippen LogP contribution in [0.5, 0.6) is 0 Å². The highest BCUT2D eigenvalue weighted by atomic mass is 35.5. The van der Waals surface area contributed by atoms with Gasteiger partial charge in [0.25, 0.3) is 0 Å². The molecule has 1 saturated heterocycles. The van der Waals surface area contributed by atoms with Gasteiger partial charge in [0, 0.05) is 21.8 Å². The van der Waals surface area contributed by atoms with E-state index in [4.69, 9.17) is 39.5 Å². The molecule has 0 radical (unpaired) electrons. The SMILES string of the molecule is O=C(Nc1ccc(Cl)cc1)C1C(c2ccc(Cl)c(Cl)c2)OC2(C(=O)c3ccccc3C2=O)C1C(=O)O. The topological polar surface area (TPSA) is 110 Å². The molecule has 0 bridgehead atoms. The molecule has 3 atom stereocenters. The minimum atomic E-state index is -2.42. The molecule has 2 N–H and O–H groups in total. The molecule has 3 aromatic carbocycles. The van der Waals surface area contributed by atoms with Crippen LogP contribution >= 0.6 is 34.8 Å². The lowest BCUT2D eigenvalue weighted by atomic mass is 9.75. The third-order valence-corrected chi connectivity index (χ3v) is 7.47. The zero-order valence-electron chi connectivity index (χ0n) is 18.2. The number of rotatable bonds is 4. The number of carboxylic acid groups (broad SMARTS) is 1. The first-order chi connectivity index (χ1) is 17.1. The Morgan fingerprint density at radius 3 is 2.03 bits per heavy atom. The van der Waals surface area contributed by atoms with E-state index in [0.29, 0.717) is 16.3 Å². The van der Waals surface area contributed by atoms with Crippen LogP contribution in [0.15, 0.2) is 66.7 Å². The largest absolute Gasteiger partial charge is 0.481 e. The summed E-state index contributed by atoms with van der Waals surface area (Å²) in [5.41, 5.74) is -1.70. The van der Waals surface area contributed by atoms with Gasteiger partial charge in [0.1, 0.15) is 5.92 Å². The molecule has 0 aromatic heterocycles. The number of carboxylic acids is 1. The summed E-state index contributed by atoms with van der Waals surface area (Å²) >= 11 is 18.2. The van der Waals surface area contributed by atoms with Gasteiger partial charge in [-0.05, 0) is 42.0 Å². The second-order valence-electron chi connectivity index (χ2n) is 8.49. The van der Waals surface area contributed by atoms with Crippen molar-refractivity contribution in [1.82, 2.24) is 0 Å². The predicted molar refractivity (Wildman–Crippen MR) is 133 cm³/mol. The number of fused-ring (bicyclic) bond motifs is 1. The fourth-order valence-electron chi connectivity index (χ4n) is 4.89. The Morgan fingerprint density at radius 1 is 0.861 bits per heavy atom. The molecule has 2 aliphatic rings. The zero-order valence-corrected chi connectivity index (χ0v) is 20.5. The van der Waals surface area contributed by atoms with Gasteiger partial charge in [-0.25, -0.2) is 0 Å². The third kappa shape index (κ3) is 3.71. The molecule has 3 unspecified atom stereocenters. The first kappa shape index (κ1) is 24.5. The van der Waals surface area contributed by atoms with Crippen molar-refractivity contribution in [1.29, 1.82) is 0 Å². The van der Waals surface area contributed by atoms with Gasteiger partial charge in [-0.1, -0.05) is 65.1 Å². The Kier molecular flexibility index (Phi) is 6.12. The lowest BCUT2D eigenvalue weighted by molar-refractivity contribution is -0.147. The van der Waals surface area contributed by atoms with Crippen LogP contribution in [0.2, 0.25) is 15.1 Å². The number of nitrogens with one attached hydrogen (secondary N) is 1. The molecule has 7 nitrogen and oxygen atoms in total. The first-order valence-electron chi connectivity index (χ1n) is 10.8. The lowest BCUT2D eigenvalue weighted by Crippen LogP contribution is -2.52. The van der Waals surface area contributed by atoms with Crippen LogP contribution in [0.4, 0.5) is 5.69 Å². The summed E-state index contributed by atoms with van der Waals surface area (Å²) in [4.78, 5) is 53.5. The molecular weight excluding hydrogens is 529 g/mol. The first-order valence-corrected chi connectivity index (χ1v) is 11.9. The third-order valence-electron chi connectivity index (χ3n) is 6.48. The van der Waals surface area contributed by atoms with Gasteiger partial charge in [0.15, 0.2) is 0 Å². The fourth-order valence-corrected chi connectivity index (χ4v) is 5.32. The second-order valence-corrected chi connectivity index (χ2v) is 9.74. The van der Waals surface area contributed by atoms with Gasteiger partial charge in [-0.3, -0.25) is 19.2 Å². The van der Waals surface area contributed by atoms with Crippen LogP contribution in [0.25, 0.3) is 0 Å². The minimum Gasteiger partial charge on any atom is -0.481 e. The van der Waals surface area contributed by atoms with E-state index in [-0.39, 0.29) is 21.2 Å². The Morgan fingerprint density at radius 2 is 1.47 bits per heavy atom. The molecule has 5 rings (SSSR count). The van der Waals surface area contributed by atoms with Gasteiger partial charge in [0.2, 0.25) is 23.1 Å². The van der Waals surface area contributed by atoms with Crippen LogP contribution in [-0.4, -0.2) is 34.2 Å². The van der Waals surface area contributed by atoms with Gasteiger partial charge >= 0.3 is 5.97 Å². The van der Waals surface area contributed by atoms with Crippen LogP contribution in [0.3, 0.4) is 0 Å². The predicted octanol–water partition coefficient (Wildman–Crippen LogP) is 5.49. The summed E-state index contributed by atoms with van der Waals surface area (Å²) in [7, 11) is 0. The van der Waals surface area contributed by atoms with Gasteiger partial charge in [0.05, 0.1) is 22.1 Å². The number of hydrogen-bond acceptors (Lipinski definition) is 5. The lowest BCUT2D eigenvalue weighted by Gasteiger charge is -2.25. The van der Waals surface area contributed by atoms with Crippen molar-refractivity contribution in [3.63, 3.8) is 0 Å². The monoisotopic (exact) mass is 543 g/mol. The summed E-state index contributed by atoms with van der Waals surface area (Å²) in [5.74, 6) is -7.18. The van der Waals surface area contributed by atoms with Crippen molar-refractivity contribution in [3.05, 3.63) is 98.5 Å². The summed E-state index contributed by atoms with van der Waals surface area (Å²) in [6.45, 7) is 0. The summed E-state index contributed by atoms with van der Waals surface area (Å²) < 4.78 is 6.10. The molecule has 1 amide bonds. The highest BCUT2D eigenvalue weighted by Crippen LogP contribution is 2.54. The number of carbonyl (C=O) groups excluding carboxylic acids is 3. The molecule has 1 spiro atoms. The van der Waals surface area contributed by atoms with Crippen LogP contribution in [0.1, 0.15) is 32.4 Å². The maximum atomic E-state index is 13.6. The highest BCUT2D eigenvalue weighted by molar-refractivity contribution is 6.42. The second kappa shape index (κ2) is 9.01. The Hall–Kier alpha value is -3.23. The Labute approximate surface area is 219 Å². The maximum absolute atomic E-state index is 13.6. The quantitative estimate of drug-likeness (QED) is 0.420. The number of hydrogen-bond donors (Lipinski definition) is 2. The summed E-state index contributed by atoms with van der Waals surface area (Å²) in [5, 5.41) is 13.8.